The van der Waals surface area contributed by atoms with E-state index < -0.39 is 16.1 Å². The molecule has 4 rings (SSSR count). The van der Waals surface area contributed by atoms with Crippen molar-refractivity contribution in [3.8, 4) is 0 Å². The van der Waals surface area contributed by atoms with Gasteiger partial charge in [-0.2, -0.15) is 4.31 Å². The van der Waals surface area contributed by atoms with Gasteiger partial charge in [-0.25, -0.2) is 8.42 Å². The first kappa shape index (κ1) is 18.7. The molecule has 0 bridgehead atoms. The monoisotopic (exact) mass is 398 g/mol. The summed E-state index contributed by atoms with van der Waals surface area (Å²) < 4.78 is 31.7. The molecule has 1 aliphatic heterocycles. The molecule has 2 aromatic carbocycles. The number of rotatable bonds is 4. The number of amides is 1. The summed E-state index contributed by atoms with van der Waals surface area (Å²) in [5.41, 5.74) is 2.68. The molecule has 146 valence electrons. The summed E-state index contributed by atoms with van der Waals surface area (Å²) in [6.07, 6.45) is 1.49. The molecule has 1 aliphatic rings. The van der Waals surface area contributed by atoms with Crippen molar-refractivity contribution >= 4 is 26.9 Å². The molecular formula is C21H22N2O4S. The fourth-order valence-electron chi connectivity index (χ4n) is 3.67. The van der Waals surface area contributed by atoms with Crippen molar-refractivity contribution in [2.75, 3.05) is 6.26 Å². The smallest absolute Gasteiger partial charge is 0.239 e. The Morgan fingerprint density at radius 3 is 2.54 bits per heavy atom. The predicted octanol–water partition coefficient (Wildman–Crippen LogP) is 3.00. The maximum Gasteiger partial charge on any atom is 0.239 e. The maximum atomic E-state index is 13.0. The molecular weight excluding hydrogens is 376 g/mol. The summed E-state index contributed by atoms with van der Waals surface area (Å²) >= 11 is 0. The van der Waals surface area contributed by atoms with E-state index in [9.17, 15) is 13.2 Å². The van der Waals surface area contributed by atoms with Gasteiger partial charge in [-0.3, -0.25) is 4.79 Å². The molecule has 0 aliphatic carbocycles. The summed E-state index contributed by atoms with van der Waals surface area (Å²) in [6, 6.07) is 16.0. The Morgan fingerprint density at radius 2 is 1.82 bits per heavy atom. The van der Waals surface area contributed by atoms with Gasteiger partial charge in [0.1, 0.15) is 17.4 Å². The van der Waals surface area contributed by atoms with Gasteiger partial charge >= 0.3 is 0 Å². The number of carbonyl (C=O) groups is 1. The van der Waals surface area contributed by atoms with Gasteiger partial charge in [0.2, 0.25) is 15.9 Å². The molecule has 1 N–H and O–H groups in total. The first-order valence-corrected chi connectivity index (χ1v) is 11.0. The van der Waals surface area contributed by atoms with Gasteiger partial charge in [0.25, 0.3) is 0 Å². The van der Waals surface area contributed by atoms with Crippen LogP contribution in [0.1, 0.15) is 29.9 Å². The van der Waals surface area contributed by atoms with E-state index in [2.05, 4.69) is 5.32 Å². The molecule has 7 heteroatoms. The van der Waals surface area contributed by atoms with Crippen LogP contribution in [0.25, 0.3) is 11.0 Å². The van der Waals surface area contributed by atoms with E-state index in [0.29, 0.717) is 12.2 Å². The first-order chi connectivity index (χ1) is 13.3. The first-order valence-electron chi connectivity index (χ1n) is 9.15. The van der Waals surface area contributed by atoms with Crippen LogP contribution in [0.5, 0.6) is 0 Å². The lowest BCUT2D eigenvalue weighted by Gasteiger charge is -2.34. The molecule has 0 saturated heterocycles. The van der Waals surface area contributed by atoms with Crippen LogP contribution in [0, 0.1) is 0 Å². The van der Waals surface area contributed by atoms with Crippen LogP contribution >= 0.6 is 0 Å². The van der Waals surface area contributed by atoms with Gasteiger partial charge in [-0.1, -0.05) is 42.5 Å². The molecule has 2 atom stereocenters. The van der Waals surface area contributed by atoms with Crippen LogP contribution < -0.4 is 5.32 Å². The molecule has 0 spiro atoms. The summed E-state index contributed by atoms with van der Waals surface area (Å²) in [4.78, 5) is 13.0. The fourth-order valence-corrected chi connectivity index (χ4v) is 4.67. The highest BCUT2D eigenvalue weighted by Gasteiger charge is 2.37. The average Bonchev–Trinajstić information content (AvgIpc) is 3.10. The molecule has 2 heterocycles. The largest absolute Gasteiger partial charge is 0.459 e. The topological polar surface area (TPSA) is 79.6 Å². The third kappa shape index (κ3) is 3.55. The number of para-hydroxylation sites is 1. The third-order valence-electron chi connectivity index (χ3n) is 5.16. The molecule has 28 heavy (non-hydrogen) atoms. The molecule has 0 unspecified atom stereocenters. The van der Waals surface area contributed by atoms with E-state index in [1.165, 1.54) is 4.31 Å². The van der Waals surface area contributed by atoms with Crippen LogP contribution in [0.3, 0.4) is 0 Å². The van der Waals surface area contributed by atoms with Gasteiger partial charge in [-0.05, 0) is 36.6 Å². The Bertz CT molecular complexity index is 1100. The Hall–Kier alpha value is -2.64. The van der Waals surface area contributed by atoms with E-state index in [1.54, 1.807) is 0 Å². The number of benzene rings is 2. The normalized spacial score (nSPS) is 18.6. The second kappa shape index (κ2) is 7.07. The summed E-state index contributed by atoms with van der Waals surface area (Å²) in [7, 11) is -3.53. The van der Waals surface area contributed by atoms with Crippen LogP contribution in [-0.2, 0) is 27.8 Å². The van der Waals surface area contributed by atoms with E-state index in [1.807, 2.05) is 61.5 Å². The Morgan fingerprint density at radius 1 is 1.14 bits per heavy atom. The SMILES string of the molecule is C[C@@H](NC(=O)[C@@H]1Cc2ccccc2CN1S(C)(=O)=O)c1cc2ccccc2o1. The zero-order valence-electron chi connectivity index (χ0n) is 15.8. The highest BCUT2D eigenvalue weighted by atomic mass is 32.2. The number of furan rings is 1. The van der Waals surface area contributed by atoms with Crippen LogP contribution in [0.4, 0.5) is 0 Å². The van der Waals surface area contributed by atoms with Crippen LogP contribution in [0.2, 0.25) is 0 Å². The van der Waals surface area contributed by atoms with Gasteiger partial charge in [0.05, 0.1) is 12.3 Å². The van der Waals surface area contributed by atoms with Crippen molar-refractivity contribution in [3.63, 3.8) is 0 Å². The van der Waals surface area contributed by atoms with E-state index in [-0.39, 0.29) is 18.5 Å². The van der Waals surface area contributed by atoms with Crippen LogP contribution in [-0.4, -0.2) is 30.9 Å². The predicted molar refractivity (Wildman–Crippen MR) is 107 cm³/mol. The van der Waals surface area contributed by atoms with Crippen molar-refractivity contribution in [1.82, 2.24) is 9.62 Å². The fraction of sp³-hybridized carbons (Fsp3) is 0.286. The minimum atomic E-state index is -3.53. The highest BCUT2D eigenvalue weighted by molar-refractivity contribution is 7.88. The summed E-state index contributed by atoms with van der Waals surface area (Å²) in [5, 5.41) is 3.88. The second-order valence-corrected chi connectivity index (χ2v) is 9.15. The highest BCUT2D eigenvalue weighted by Crippen LogP contribution is 2.27. The number of hydrogen-bond donors (Lipinski definition) is 1. The van der Waals surface area contributed by atoms with Crippen LogP contribution in [0.15, 0.2) is 59.0 Å². The Kier molecular flexibility index (Phi) is 4.72. The molecule has 1 aromatic heterocycles. The second-order valence-electron chi connectivity index (χ2n) is 7.21. The lowest BCUT2D eigenvalue weighted by atomic mass is 9.95. The number of nitrogens with zero attached hydrogens (tertiary/aromatic N) is 1. The average molecular weight is 398 g/mol. The lowest BCUT2D eigenvalue weighted by molar-refractivity contribution is -0.126. The summed E-state index contributed by atoms with van der Waals surface area (Å²) in [5.74, 6) is 0.310. The standard InChI is InChI=1S/C21H22N2O4S/c1-14(20-12-16-8-5-6-10-19(16)27-20)22-21(24)18-11-15-7-3-4-9-17(15)13-23(18)28(2,25)26/h3-10,12,14,18H,11,13H2,1-2H3,(H,22,24)/t14-,18+/m1/s1. The van der Waals surface area contributed by atoms with Crippen molar-refractivity contribution < 1.29 is 17.6 Å². The van der Waals surface area contributed by atoms with Gasteiger partial charge in [0.15, 0.2) is 0 Å². The number of carbonyl (C=O) groups excluding carboxylic acids is 1. The quantitative estimate of drug-likeness (QED) is 0.733. The molecule has 0 saturated carbocycles. The summed E-state index contributed by atoms with van der Waals surface area (Å²) in [6.45, 7) is 2.03. The number of sulfonamides is 1. The van der Waals surface area contributed by atoms with E-state index in [0.717, 1.165) is 28.4 Å². The molecule has 1 amide bonds. The molecule has 0 fully saturated rings. The Labute approximate surface area is 164 Å². The van der Waals surface area contributed by atoms with Gasteiger partial charge < -0.3 is 9.73 Å². The number of nitrogens with one attached hydrogen (secondary N) is 1. The zero-order chi connectivity index (χ0) is 19.9. The molecule has 3 aromatic rings. The minimum absolute atomic E-state index is 0.201. The van der Waals surface area contributed by atoms with Crippen molar-refractivity contribution in [3.05, 3.63) is 71.5 Å². The maximum absolute atomic E-state index is 13.0. The minimum Gasteiger partial charge on any atom is -0.459 e. The lowest BCUT2D eigenvalue weighted by Crippen LogP contribution is -2.52. The zero-order valence-corrected chi connectivity index (χ0v) is 16.6. The van der Waals surface area contributed by atoms with E-state index >= 15 is 0 Å². The third-order valence-corrected chi connectivity index (χ3v) is 6.40. The molecule has 6 nitrogen and oxygen atoms in total. The van der Waals surface area contributed by atoms with Gasteiger partial charge in [0, 0.05) is 11.9 Å². The Balaban J connectivity index is 1.58. The van der Waals surface area contributed by atoms with Crippen molar-refractivity contribution in [2.24, 2.45) is 0 Å². The number of fused-ring (bicyclic) bond motifs is 2. The van der Waals surface area contributed by atoms with Crippen molar-refractivity contribution in [2.45, 2.75) is 32.0 Å². The van der Waals surface area contributed by atoms with Gasteiger partial charge in [-0.15, -0.1) is 0 Å². The van der Waals surface area contributed by atoms with E-state index in [4.69, 9.17) is 4.42 Å². The number of hydrogen-bond acceptors (Lipinski definition) is 4. The molecule has 0 radical (unpaired) electrons. The van der Waals surface area contributed by atoms with Crippen molar-refractivity contribution in [1.29, 1.82) is 0 Å².